The van der Waals surface area contributed by atoms with Crippen LogP contribution in [-0.2, 0) is 0 Å². The number of aliphatic hydroxyl groups is 1. The fourth-order valence-electron chi connectivity index (χ4n) is 1.18. The van der Waals surface area contributed by atoms with Crippen molar-refractivity contribution < 1.29 is 5.11 Å². The smallest absolute Gasteiger partial charge is 0.0791 e. The number of aliphatic hydroxyl groups excluding tert-OH is 1. The molecule has 0 aliphatic rings. The molecule has 0 radical (unpaired) electrons. The molecule has 4 nitrogen and oxygen atoms in total. The zero-order chi connectivity index (χ0) is 10.1. The van der Waals surface area contributed by atoms with E-state index in [2.05, 4.69) is 16.3 Å². The number of nitriles is 1. The van der Waals surface area contributed by atoms with Crippen molar-refractivity contribution in [2.45, 2.75) is 19.4 Å². The molecular formula is C9H19N3O. The average Bonchev–Trinajstić information content (AvgIpc) is 2.12. The molecule has 13 heavy (non-hydrogen) atoms. The summed E-state index contributed by atoms with van der Waals surface area (Å²) < 4.78 is 0. The lowest BCUT2D eigenvalue weighted by Gasteiger charge is -2.22. The Kier molecular flexibility index (Phi) is 7.60. The number of hydrogen-bond donors (Lipinski definition) is 2. The van der Waals surface area contributed by atoms with Gasteiger partial charge in [-0.2, -0.15) is 5.26 Å². The van der Waals surface area contributed by atoms with Crippen LogP contribution in [-0.4, -0.2) is 49.3 Å². The van der Waals surface area contributed by atoms with Gasteiger partial charge in [0.15, 0.2) is 0 Å². The third kappa shape index (κ3) is 6.52. The van der Waals surface area contributed by atoms with Gasteiger partial charge in [-0.3, -0.25) is 4.90 Å². The van der Waals surface area contributed by atoms with E-state index in [9.17, 15) is 5.11 Å². The van der Waals surface area contributed by atoms with E-state index < -0.39 is 0 Å². The third-order valence-corrected chi connectivity index (χ3v) is 1.90. The van der Waals surface area contributed by atoms with Gasteiger partial charge in [-0.15, -0.1) is 0 Å². The molecule has 0 rings (SSSR count). The van der Waals surface area contributed by atoms with E-state index in [1.165, 1.54) is 0 Å². The summed E-state index contributed by atoms with van der Waals surface area (Å²) in [5.41, 5.74) is 0. The van der Waals surface area contributed by atoms with E-state index >= 15 is 0 Å². The molecule has 2 N–H and O–H groups in total. The van der Waals surface area contributed by atoms with Crippen LogP contribution in [0.15, 0.2) is 0 Å². The molecule has 0 saturated carbocycles. The highest BCUT2D eigenvalue weighted by molar-refractivity contribution is 4.73. The molecule has 0 aromatic rings. The average molecular weight is 185 g/mol. The monoisotopic (exact) mass is 185 g/mol. The largest absolute Gasteiger partial charge is 0.390 e. The molecule has 1 atom stereocenters. The number of likely N-dealkylation sites (N-methyl/N-ethyl adjacent to an activating group) is 2. The lowest BCUT2D eigenvalue weighted by molar-refractivity contribution is 0.117. The molecule has 1 unspecified atom stereocenters. The van der Waals surface area contributed by atoms with Crippen LogP contribution < -0.4 is 5.32 Å². The number of nitrogens with zero attached hydrogens (tertiary/aromatic N) is 2. The summed E-state index contributed by atoms with van der Waals surface area (Å²) in [5, 5.41) is 20.8. The molecular weight excluding hydrogens is 166 g/mol. The Morgan fingerprint density at radius 1 is 1.62 bits per heavy atom. The second kappa shape index (κ2) is 7.99. The van der Waals surface area contributed by atoms with Crippen molar-refractivity contribution in [2.75, 3.05) is 33.2 Å². The molecule has 0 bridgehead atoms. The second-order valence-corrected chi connectivity index (χ2v) is 3.01. The van der Waals surface area contributed by atoms with Gasteiger partial charge < -0.3 is 10.4 Å². The molecule has 0 aromatic carbocycles. The Balaban J connectivity index is 3.63. The zero-order valence-electron chi connectivity index (χ0n) is 8.45. The summed E-state index contributed by atoms with van der Waals surface area (Å²) in [7, 11) is 1.81. The van der Waals surface area contributed by atoms with E-state index in [0.29, 0.717) is 19.5 Å². The fraction of sp³-hybridized carbons (Fsp3) is 0.889. The maximum Gasteiger partial charge on any atom is 0.0791 e. The first kappa shape index (κ1) is 12.4. The highest BCUT2D eigenvalue weighted by atomic mass is 16.3. The van der Waals surface area contributed by atoms with Crippen LogP contribution in [0.4, 0.5) is 0 Å². The summed E-state index contributed by atoms with van der Waals surface area (Å²) >= 11 is 0. The number of rotatable bonds is 7. The van der Waals surface area contributed by atoms with Crippen molar-refractivity contribution >= 4 is 0 Å². The first-order valence-corrected chi connectivity index (χ1v) is 4.66. The number of hydrogen-bond acceptors (Lipinski definition) is 4. The predicted molar refractivity (Wildman–Crippen MR) is 52.3 cm³/mol. The Bertz CT molecular complexity index is 155. The summed E-state index contributed by atoms with van der Waals surface area (Å²) in [6, 6.07) is 2.10. The van der Waals surface area contributed by atoms with E-state index in [1.807, 2.05) is 14.0 Å². The van der Waals surface area contributed by atoms with Crippen molar-refractivity contribution in [3.8, 4) is 6.07 Å². The normalized spacial score (nSPS) is 12.8. The molecule has 0 aliphatic heterocycles. The van der Waals surface area contributed by atoms with Crippen LogP contribution in [0.1, 0.15) is 13.3 Å². The van der Waals surface area contributed by atoms with E-state index in [-0.39, 0.29) is 6.10 Å². The SMILES string of the molecule is CCN(CCC#N)CC(O)CNC. The van der Waals surface area contributed by atoms with Crippen molar-refractivity contribution in [1.82, 2.24) is 10.2 Å². The minimum atomic E-state index is -0.344. The second-order valence-electron chi connectivity index (χ2n) is 3.01. The summed E-state index contributed by atoms with van der Waals surface area (Å²) in [4.78, 5) is 2.07. The highest BCUT2D eigenvalue weighted by Gasteiger charge is 2.08. The lowest BCUT2D eigenvalue weighted by Crippen LogP contribution is -2.37. The summed E-state index contributed by atoms with van der Waals surface area (Å²) in [5.74, 6) is 0. The summed E-state index contributed by atoms with van der Waals surface area (Å²) in [6.45, 7) is 4.89. The van der Waals surface area contributed by atoms with Gasteiger partial charge in [0.2, 0.25) is 0 Å². The van der Waals surface area contributed by atoms with Gasteiger partial charge >= 0.3 is 0 Å². The molecule has 0 heterocycles. The fourth-order valence-corrected chi connectivity index (χ4v) is 1.18. The van der Waals surface area contributed by atoms with Crippen LogP contribution in [0.5, 0.6) is 0 Å². The maximum absolute atomic E-state index is 9.46. The topological polar surface area (TPSA) is 59.3 Å². The molecule has 0 spiro atoms. The zero-order valence-corrected chi connectivity index (χ0v) is 8.45. The third-order valence-electron chi connectivity index (χ3n) is 1.90. The first-order chi connectivity index (χ1) is 6.24. The molecule has 0 fully saturated rings. The van der Waals surface area contributed by atoms with Crippen molar-refractivity contribution in [3.05, 3.63) is 0 Å². The van der Waals surface area contributed by atoms with Crippen LogP contribution in [0.2, 0.25) is 0 Å². The van der Waals surface area contributed by atoms with E-state index in [1.54, 1.807) is 0 Å². The van der Waals surface area contributed by atoms with Crippen molar-refractivity contribution in [2.24, 2.45) is 0 Å². The van der Waals surface area contributed by atoms with Gasteiger partial charge in [0, 0.05) is 26.1 Å². The maximum atomic E-state index is 9.46. The van der Waals surface area contributed by atoms with Crippen LogP contribution in [0.25, 0.3) is 0 Å². The Hall–Kier alpha value is -0.630. The van der Waals surface area contributed by atoms with Crippen LogP contribution in [0.3, 0.4) is 0 Å². The lowest BCUT2D eigenvalue weighted by atomic mass is 10.3. The van der Waals surface area contributed by atoms with Crippen LogP contribution >= 0.6 is 0 Å². The molecule has 0 aromatic heterocycles. The minimum Gasteiger partial charge on any atom is -0.390 e. The van der Waals surface area contributed by atoms with E-state index in [0.717, 1.165) is 13.1 Å². The quantitative estimate of drug-likeness (QED) is 0.577. The minimum absolute atomic E-state index is 0.344. The van der Waals surface area contributed by atoms with Crippen molar-refractivity contribution in [3.63, 3.8) is 0 Å². The Labute approximate surface area is 80.2 Å². The highest BCUT2D eigenvalue weighted by Crippen LogP contribution is 1.93. The van der Waals surface area contributed by atoms with E-state index in [4.69, 9.17) is 5.26 Å². The van der Waals surface area contributed by atoms with Gasteiger partial charge in [0.05, 0.1) is 12.2 Å². The Morgan fingerprint density at radius 2 is 2.31 bits per heavy atom. The summed E-state index contributed by atoms with van der Waals surface area (Å²) in [6.07, 6.45) is 0.184. The van der Waals surface area contributed by atoms with Gasteiger partial charge in [0.25, 0.3) is 0 Å². The van der Waals surface area contributed by atoms with Gasteiger partial charge in [-0.05, 0) is 13.6 Å². The Morgan fingerprint density at radius 3 is 2.77 bits per heavy atom. The standard InChI is InChI=1S/C9H19N3O/c1-3-12(6-4-5-10)8-9(13)7-11-2/h9,11,13H,3-4,6-8H2,1-2H3. The number of nitrogens with one attached hydrogen (secondary N) is 1. The van der Waals surface area contributed by atoms with Crippen LogP contribution in [0, 0.1) is 11.3 Å². The predicted octanol–water partition coefficient (Wildman–Crippen LogP) is -0.198. The first-order valence-electron chi connectivity index (χ1n) is 4.66. The molecule has 4 heteroatoms. The van der Waals surface area contributed by atoms with Gasteiger partial charge in [0.1, 0.15) is 0 Å². The molecule has 76 valence electrons. The molecule has 0 aliphatic carbocycles. The molecule has 0 saturated heterocycles. The molecule has 0 amide bonds. The van der Waals surface area contributed by atoms with Gasteiger partial charge in [-0.1, -0.05) is 6.92 Å². The van der Waals surface area contributed by atoms with Crippen molar-refractivity contribution in [1.29, 1.82) is 5.26 Å². The van der Waals surface area contributed by atoms with Gasteiger partial charge in [-0.25, -0.2) is 0 Å².